The monoisotopic (exact) mass is 1020 g/mol. The van der Waals surface area contributed by atoms with Gasteiger partial charge in [0.25, 0.3) is 0 Å². The third-order valence-corrected chi connectivity index (χ3v) is 11.3. The third-order valence-electron chi connectivity index (χ3n) is 11.3. The van der Waals surface area contributed by atoms with Crippen molar-refractivity contribution in [3.63, 3.8) is 0 Å². The zero-order valence-corrected chi connectivity index (χ0v) is 41.4. The summed E-state index contributed by atoms with van der Waals surface area (Å²) in [6.45, 7) is 22.9. The predicted octanol–water partition coefficient (Wildman–Crippen LogP) is 8.81. The molecule has 11 heteroatoms. The molecule has 0 aliphatic heterocycles. The van der Waals surface area contributed by atoms with Crippen LogP contribution in [0.3, 0.4) is 0 Å². The summed E-state index contributed by atoms with van der Waals surface area (Å²) in [4.78, 5) is 57.0. The van der Waals surface area contributed by atoms with Gasteiger partial charge in [-0.15, -0.1) is 0 Å². The van der Waals surface area contributed by atoms with Gasteiger partial charge >= 0.3 is 0 Å². The minimum Gasteiger partial charge on any atom is -0.389 e. The van der Waals surface area contributed by atoms with E-state index in [0.29, 0.717) is 89.8 Å². The number of carbonyl (C=O) groups excluding carboxylic acids is 3. The number of pyridine rings is 3. The molecule has 0 atom stereocenters. The van der Waals surface area contributed by atoms with E-state index in [0.717, 1.165) is 16.7 Å². The van der Waals surface area contributed by atoms with Crippen molar-refractivity contribution < 1.29 is 53.0 Å². The standard InChI is InChI=1S/C54H63N7O3.Tb/c1-52(2,3)40-28-37(49(62)43(31-40)46-16-10-13-19-58-46)34-55-22-25-61(26-23-56-35-38-29-41(53(4,5)6)32-44(50(38)63)47-17-11-14-20-59-47)27-24-57-36-39-30-42(54(7,8)9)33-45(51(39)64)48-18-12-15-21-60-48;/h10-21,28-36,55-57H,22-27H2,1-9H3;. The van der Waals surface area contributed by atoms with Crippen molar-refractivity contribution in [2.45, 2.75) is 62.3 Å². The molecule has 0 unspecified atom stereocenters. The topological polar surface area (TPSA) is 129 Å². The summed E-state index contributed by atoms with van der Waals surface area (Å²) in [5.74, 6) is -0.224. The fourth-order valence-corrected chi connectivity index (χ4v) is 7.26. The number of hydrogen-bond donors (Lipinski definition) is 3. The molecule has 1 radical (unpaired) electrons. The fraction of sp³-hybridized carbons (Fsp3) is 0.333. The van der Waals surface area contributed by atoms with Gasteiger partial charge in [0.15, 0.2) is 17.3 Å². The molecule has 3 aliphatic rings. The second-order valence-corrected chi connectivity index (χ2v) is 19.4. The minimum absolute atomic E-state index is 0. The van der Waals surface area contributed by atoms with Crippen LogP contribution in [0.25, 0.3) is 16.7 Å². The quantitative estimate of drug-likeness (QED) is 0.100. The molecule has 0 aromatic carbocycles. The van der Waals surface area contributed by atoms with E-state index < -0.39 is 0 Å². The first kappa shape index (κ1) is 50.8. The van der Waals surface area contributed by atoms with Crippen molar-refractivity contribution in [3.8, 4) is 0 Å². The van der Waals surface area contributed by atoms with Crippen molar-refractivity contribution >= 4 is 34.1 Å². The Morgan fingerprint density at radius 1 is 0.446 bits per heavy atom. The second-order valence-electron chi connectivity index (χ2n) is 19.4. The minimum atomic E-state index is -0.174. The van der Waals surface area contributed by atoms with Crippen molar-refractivity contribution in [2.24, 2.45) is 16.2 Å². The summed E-state index contributed by atoms with van der Waals surface area (Å²) >= 11 is 0. The molecule has 0 saturated heterocycles. The van der Waals surface area contributed by atoms with Gasteiger partial charge < -0.3 is 16.0 Å². The largest absolute Gasteiger partial charge is 0.389 e. The zero-order chi connectivity index (χ0) is 46.1. The van der Waals surface area contributed by atoms with Gasteiger partial charge in [0.1, 0.15) is 0 Å². The number of carbonyl (C=O) groups is 3. The van der Waals surface area contributed by atoms with Gasteiger partial charge in [-0.25, -0.2) is 0 Å². The number of aromatic nitrogens is 3. The average molecular weight is 1020 g/mol. The molecular weight excluding hydrogens is 954 g/mol. The second kappa shape index (κ2) is 22.3. The Bertz CT molecular complexity index is 2230. The molecule has 3 aromatic rings. The van der Waals surface area contributed by atoms with Crippen LogP contribution in [0.4, 0.5) is 0 Å². The van der Waals surface area contributed by atoms with Gasteiger partial charge in [-0.1, -0.05) is 80.5 Å². The maximum absolute atomic E-state index is 13.8. The molecule has 341 valence electrons. The SMILES string of the molecule is CC(C)(C)C1=CC(=CNCCN(CCNC=C2C=C(C(C)(C)C)C=C(c3ccccn3)C2=O)CCNC=C2C=C(C(C)(C)C)C=C(c3ccccn3)C2=O)C(=O)C(c2ccccn2)=C1.[Tb]. The normalized spacial score (nSPS) is 17.8. The van der Waals surface area contributed by atoms with Crippen molar-refractivity contribution in [3.05, 3.63) is 179 Å². The number of nitrogens with one attached hydrogen (secondary N) is 3. The zero-order valence-electron chi connectivity index (χ0n) is 39.2. The molecule has 3 aromatic heterocycles. The van der Waals surface area contributed by atoms with Gasteiger partial charge in [0, 0.05) is 149 Å². The summed E-state index contributed by atoms with van der Waals surface area (Å²) in [5, 5.41) is 10.3. The van der Waals surface area contributed by atoms with Crippen molar-refractivity contribution in [1.82, 2.24) is 35.8 Å². The van der Waals surface area contributed by atoms with E-state index in [1.165, 1.54) is 0 Å². The Labute approximate surface area is 416 Å². The number of ketones is 3. The maximum atomic E-state index is 13.8. The summed E-state index contributed by atoms with van der Waals surface area (Å²) in [6, 6.07) is 16.8. The molecule has 0 bridgehead atoms. The van der Waals surface area contributed by atoms with E-state index in [9.17, 15) is 14.4 Å². The Morgan fingerprint density at radius 3 is 0.954 bits per heavy atom. The van der Waals surface area contributed by atoms with E-state index in [-0.39, 0.29) is 72.2 Å². The first-order valence-electron chi connectivity index (χ1n) is 22.1. The van der Waals surface area contributed by atoms with Crippen molar-refractivity contribution in [1.29, 1.82) is 0 Å². The molecule has 3 aliphatic carbocycles. The summed E-state index contributed by atoms with van der Waals surface area (Å²) < 4.78 is 0. The van der Waals surface area contributed by atoms with Gasteiger partial charge in [-0.3, -0.25) is 34.2 Å². The van der Waals surface area contributed by atoms with Gasteiger partial charge in [-0.2, -0.15) is 0 Å². The van der Waals surface area contributed by atoms with Gasteiger partial charge in [0.2, 0.25) is 0 Å². The van der Waals surface area contributed by atoms with Crippen LogP contribution in [-0.2, 0) is 14.4 Å². The number of allylic oxidation sites excluding steroid dienone is 15. The summed E-state index contributed by atoms with van der Waals surface area (Å²) in [6.07, 6.45) is 22.3. The molecule has 3 N–H and O–H groups in total. The van der Waals surface area contributed by atoms with Crippen LogP contribution < -0.4 is 16.0 Å². The molecule has 0 fully saturated rings. The average Bonchev–Trinajstić information content (AvgIpc) is 3.26. The van der Waals surface area contributed by atoms with E-state index in [2.05, 4.69) is 98.1 Å². The predicted molar refractivity (Wildman–Crippen MR) is 259 cm³/mol. The van der Waals surface area contributed by atoms with E-state index in [1.807, 2.05) is 110 Å². The molecule has 65 heavy (non-hydrogen) atoms. The Morgan fingerprint density at radius 2 is 0.723 bits per heavy atom. The first-order chi connectivity index (χ1) is 30.4. The molecule has 0 spiro atoms. The van der Waals surface area contributed by atoms with Crippen LogP contribution in [0, 0.1) is 54.9 Å². The Balaban J connectivity index is 0.00000793. The number of Topliss-reactive ketones (excluding diaryl/α,β-unsaturated/α-hetero) is 3. The van der Waals surface area contributed by atoms with Crippen LogP contribution in [0.2, 0.25) is 0 Å². The van der Waals surface area contributed by atoms with Crippen LogP contribution in [0.5, 0.6) is 0 Å². The Hall–Kier alpha value is -5.23. The van der Waals surface area contributed by atoms with Gasteiger partial charge in [-0.05, 0) is 106 Å². The van der Waals surface area contributed by atoms with Gasteiger partial charge in [0.05, 0.1) is 17.1 Å². The molecule has 10 nitrogen and oxygen atoms in total. The van der Waals surface area contributed by atoms with Crippen LogP contribution in [0.15, 0.2) is 162 Å². The molecule has 0 saturated carbocycles. The molecule has 0 amide bonds. The molecule has 6 rings (SSSR count). The summed E-state index contributed by atoms with van der Waals surface area (Å²) in [7, 11) is 0. The number of rotatable bonds is 15. The fourth-order valence-electron chi connectivity index (χ4n) is 7.26. The summed E-state index contributed by atoms with van der Waals surface area (Å²) in [5.41, 5.74) is 8.07. The van der Waals surface area contributed by atoms with E-state index in [1.54, 1.807) is 18.6 Å². The Kier molecular flexibility index (Phi) is 17.4. The third kappa shape index (κ3) is 13.7. The van der Waals surface area contributed by atoms with Crippen molar-refractivity contribution in [2.75, 3.05) is 39.3 Å². The first-order valence-corrected chi connectivity index (χ1v) is 22.1. The van der Waals surface area contributed by atoms with E-state index in [4.69, 9.17) is 0 Å². The van der Waals surface area contributed by atoms with Crippen LogP contribution >= 0.6 is 0 Å². The maximum Gasteiger partial charge on any atom is 0.196 e. The van der Waals surface area contributed by atoms with Crippen LogP contribution in [-0.4, -0.2) is 76.5 Å². The molecule has 3 heterocycles. The smallest absolute Gasteiger partial charge is 0.196 e. The number of hydrogen-bond acceptors (Lipinski definition) is 10. The number of nitrogens with zero attached hydrogens (tertiary/aromatic N) is 4. The van der Waals surface area contributed by atoms with Crippen LogP contribution in [0.1, 0.15) is 79.4 Å². The van der Waals surface area contributed by atoms with E-state index >= 15 is 0 Å². The molecular formula is C54H63N7O3Tb.